The fourth-order valence-electron chi connectivity index (χ4n) is 0.924. The summed E-state index contributed by atoms with van der Waals surface area (Å²) < 4.78 is 0.786. The van der Waals surface area contributed by atoms with E-state index in [2.05, 4.69) is 30.9 Å². The van der Waals surface area contributed by atoms with Crippen LogP contribution in [0.3, 0.4) is 0 Å². The highest BCUT2D eigenvalue weighted by Crippen LogP contribution is 2.16. The number of aromatic nitrogens is 3. The van der Waals surface area contributed by atoms with Gasteiger partial charge in [0.2, 0.25) is 0 Å². The van der Waals surface area contributed by atoms with Crippen LogP contribution in [0.1, 0.15) is 0 Å². The van der Waals surface area contributed by atoms with E-state index in [0.29, 0.717) is 5.52 Å². The second kappa shape index (κ2) is 2.20. The number of fused-ring (bicyclic) bond motifs is 1. The molecule has 0 unspecified atom stereocenters. The van der Waals surface area contributed by atoms with Crippen LogP contribution in [-0.2, 0) is 0 Å². The fraction of sp³-hybridized carbons (Fsp3) is 0. The third-order valence-corrected chi connectivity index (χ3v) is 1.99. The number of aromatic amines is 2. The number of rotatable bonds is 0. The number of imidazole rings is 1. The molecule has 0 saturated carbocycles. The van der Waals surface area contributed by atoms with Crippen LogP contribution in [0.5, 0.6) is 0 Å². The van der Waals surface area contributed by atoms with Gasteiger partial charge in [-0.1, -0.05) is 0 Å². The monoisotopic (exact) mass is 213 g/mol. The second-order valence-electron chi connectivity index (χ2n) is 2.12. The summed E-state index contributed by atoms with van der Waals surface area (Å²) in [6.07, 6.45) is 3.23. The Balaban J connectivity index is 3.01. The van der Waals surface area contributed by atoms with E-state index in [-0.39, 0.29) is 5.69 Å². The summed E-state index contributed by atoms with van der Waals surface area (Å²) in [4.78, 5) is 19.9. The van der Waals surface area contributed by atoms with Crippen LogP contribution < -0.4 is 5.69 Å². The zero-order chi connectivity index (χ0) is 7.84. The molecule has 0 aliphatic heterocycles. The van der Waals surface area contributed by atoms with Gasteiger partial charge in [-0.05, 0) is 15.9 Å². The highest BCUT2D eigenvalue weighted by Gasteiger charge is 2.00. The van der Waals surface area contributed by atoms with Crippen molar-refractivity contribution in [1.29, 1.82) is 0 Å². The molecule has 5 heteroatoms. The number of pyridine rings is 1. The maximum atomic E-state index is 10.8. The molecule has 2 aromatic heterocycles. The topological polar surface area (TPSA) is 61.5 Å². The molecule has 11 heavy (non-hydrogen) atoms. The average molecular weight is 214 g/mol. The van der Waals surface area contributed by atoms with Crippen molar-refractivity contribution in [2.24, 2.45) is 0 Å². The first-order chi connectivity index (χ1) is 5.27. The number of nitrogens with zero attached hydrogens (tertiary/aromatic N) is 1. The Morgan fingerprint density at radius 2 is 2.18 bits per heavy atom. The first-order valence-corrected chi connectivity index (χ1v) is 3.78. The number of halogens is 1. The van der Waals surface area contributed by atoms with Crippen LogP contribution in [0.15, 0.2) is 21.7 Å². The van der Waals surface area contributed by atoms with Crippen LogP contribution in [-0.4, -0.2) is 15.0 Å². The molecule has 0 aliphatic carbocycles. The van der Waals surface area contributed by atoms with E-state index in [9.17, 15) is 4.79 Å². The van der Waals surface area contributed by atoms with Crippen molar-refractivity contribution in [3.05, 3.63) is 27.4 Å². The van der Waals surface area contributed by atoms with Crippen molar-refractivity contribution < 1.29 is 0 Å². The van der Waals surface area contributed by atoms with Crippen molar-refractivity contribution in [2.45, 2.75) is 0 Å². The molecule has 0 fully saturated rings. The largest absolute Gasteiger partial charge is 0.323 e. The van der Waals surface area contributed by atoms with Gasteiger partial charge in [0.05, 0.1) is 21.7 Å². The van der Waals surface area contributed by atoms with E-state index in [4.69, 9.17) is 0 Å². The summed E-state index contributed by atoms with van der Waals surface area (Å²) in [5.41, 5.74) is 1.25. The molecule has 2 aromatic rings. The lowest BCUT2D eigenvalue weighted by atomic mass is 10.4. The van der Waals surface area contributed by atoms with Crippen molar-refractivity contribution >= 4 is 27.0 Å². The van der Waals surface area contributed by atoms with Gasteiger partial charge in [-0.25, -0.2) is 4.79 Å². The van der Waals surface area contributed by atoms with Gasteiger partial charge in [0.1, 0.15) is 0 Å². The molecule has 0 saturated heterocycles. The molecule has 2 N–H and O–H groups in total. The molecule has 4 nitrogen and oxygen atoms in total. The number of nitrogens with one attached hydrogen (secondary N) is 2. The lowest BCUT2D eigenvalue weighted by molar-refractivity contribution is 1.21. The second-order valence-corrected chi connectivity index (χ2v) is 2.98. The van der Waals surface area contributed by atoms with Crippen molar-refractivity contribution in [1.82, 2.24) is 15.0 Å². The zero-order valence-electron chi connectivity index (χ0n) is 5.39. The molecule has 0 aromatic carbocycles. The Bertz CT molecular complexity index is 444. The highest BCUT2D eigenvalue weighted by molar-refractivity contribution is 9.10. The SMILES string of the molecule is O=c1[nH]c2cncc(Br)c2[nH]1. The maximum Gasteiger partial charge on any atom is 0.323 e. The van der Waals surface area contributed by atoms with Gasteiger partial charge in [0.25, 0.3) is 0 Å². The van der Waals surface area contributed by atoms with Crippen LogP contribution in [0.2, 0.25) is 0 Å². The quantitative estimate of drug-likeness (QED) is 0.687. The summed E-state index contributed by atoms with van der Waals surface area (Å²) in [6.45, 7) is 0. The Morgan fingerprint density at radius 1 is 1.36 bits per heavy atom. The third kappa shape index (κ3) is 0.970. The first kappa shape index (κ1) is 6.60. The predicted octanol–water partition coefficient (Wildman–Crippen LogP) is 1.01. The van der Waals surface area contributed by atoms with E-state index in [1.807, 2.05) is 0 Å². The molecule has 2 rings (SSSR count). The van der Waals surface area contributed by atoms with Crippen LogP contribution >= 0.6 is 15.9 Å². The van der Waals surface area contributed by atoms with Gasteiger partial charge in [-0.3, -0.25) is 4.98 Å². The van der Waals surface area contributed by atoms with E-state index in [1.54, 1.807) is 12.4 Å². The summed E-state index contributed by atoms with van der Waals surface area (Å²) in [5.74, 6) is 0. The summed E-state index contributed by atoms with van der Waals surface area (Å²) >= 11 is 3.26. The Kier molecular flexibility index (Phi) is 1.32. The zero-order valence-corrected chi connectivity index (χ0v) is 6.97. The van der Waals surface area contributed by atoms with Crippen LogP contribution in [0.4, 0.5) is 0 Å². The maximum absolute atomic E-state index is 10.8. The minimum atomic E-state index is -0.214. The molecule has 0 spiro atoms. The van der Waals surface area contributed by atoms with Crippen molar-refractivity contribution in [3.63, 3.8) is 0 Å². The van der Waals surface area contributed by atoms with Gasteiger partial charge >= 0.3 is 5.69 Å². The van der Waals surface area contributed by atoms with Crippen molar-refractivity contribution in [3.8, 4) is 0 Å². The van der Waals surface area contributed by atoms with Gasteiger partial charge in [0.15, 0.2) is 0 Å². The highest BCUT2D eigenvalue weighted by atomic mass is 79.9. The molecular weight excluding hydrogens is 210 g/mol. The van der Waals surface area contributed by atoms with Crippen molar-refractivity contribution in [2.75, 3.05) is 0 Å². The summed E-state index contributed by atoms with van der Waals surface area (Å²) in [5, 5.41) is 0. The molecule has 0 atom stereocenters. The molecular formula is C6H4BrN3O. The molecule has 0 radical (unpaired) electrons. The minimum absolute atomic E-state index is 0.214. The predicted molar refractivity (Wildman–Crippen MR) is 44.4 cm³/mol. The van der Waals surface area contributed by atoms with Gasteiger partial charge in [-0.2, -0.15) is 0 Å². The van der Waals surface area contributed by atoms with Crippen LogP contribution in [0.25, 0.3) is 11.0 Å². The Hall–Kier alpha value is -1.10. The van der Waals surface area contributed by atoms with E-state index >= 15 is 0 Å². The smallest absolute Gasteiger partial charge is 0.305 e. The first-order valence-electron chi connectivity index (χ1n) is 2.99. The molecule has 0 aliphatic rings. The minimum Gasteiger partial charge on any atom is -0.305 e. The standard InChI is InChI=1S/C6H4BrN3O/c7-3-1-8-2-4-5(3)10-6(11)9-4/h1-2H,(H2,9,10,11). The lowest BCUT2D eigenvalue weighted by Crippen LogP contribution is -1.99. The molecule has 56 valence electrons. The fourth-order valence-corrected chi connectivity index (χ4v) is 1.35. The number of hydrogen-bond donors (Lipinski definition) is 2. The van der Waals surface area contributed by atoms with Gasteiger partial charge in [-0.15, -0.1) is 0 Å². The Labute approximate surface area is 69.8 Å². The Morgan fingerprint density at radius 3 is 2.91 bits per heavy atom. The van der Waals surface area contributed by atoms with E-state index < -0.39 is 0 Å². The average Bonchev–Trinajstić information content (AvgIpc) is 2.31. The van der Waals surface area contributed by atoms with E-state index in [1.165, 1.54) is 0 Å². The number of hydrogen-bond acceptors (Lipinski definition) is 2. The van der Waals surface area contributed by atoms with E-state index in [0.717, 1.165) is 9.99 Å². The normalized spacial score (nSPS) is 10.6. The molecule has 0 amide bonds. The lowest BCUT2D eigenvalue weighted by Gasteiger charge is -1.88. The molecule has 0 bridgehead atoms. The van der Waals surface area contributed by atoms with Gasteiger partial charge in [0, 0.05) is 6.20 Å². The third-order valence-electron chi connectivity index (χ3n) is 1.39. The van der Waals surface area contributed by atoms with Gasteiger partial charge < -0.3 is 9.97 Å². The summed E-state index contributed by atoms with van der Waals surface area (Å²) in [6, 6.07) is 0. The number of H-pyrrole nitrogens is 2. The summed E-state index contributed by atoms with van der Waals surface area (Å²) in [7, 11) is 0. The van der Waals surface area contributed by atoms with Crippen LogP contribution in [0, 0.1) is 0 Å². The molecule has 2 heterocycles.